The van der Waals surface area contributed by atoms with Crippen molar-refractivity contribution in [2.75, 3.05) is 0 Å². The quantitative estimate of drug-likeness (QED) is 0.365. The molecule has 3 heterocycles. The molecule has 3 aromatic heterocycles. The van der Waals surface area contributed by atoms with E-state index in [2.05, 4.69) is 30.7 Å². The fourth-order valence-electron chi connectivity index (χ4n) is 3.85. The lowest BCUT2D eigenvalue weighted by Crippen LogP contribution is -2.44. The van der Waals surface area contributed by atoms with E-state index in [1.54, 1.807) is 24.3 Å². The lowest BCUT2D eigenvalue weighted by atomic mass is 9.86. The Morgan fingerprint density at radius 3 is 2.46 bits per heavy atom. The van der Waals surface area contributed by atoms with Crippen molar-refractivity contribution in [3.05, 3.63) is 95.5 Å². The summed E-state index contributed by atoms with van der Waals surface area (Å²) in [6.45, 7) is 1.25. The molecule has 2 aromatic carbocycles. The zero-order valence-corrected chi connectivity index (χ0v) is 18.2. The van der Waals surface area contributed by atoms with Gasteiger partial charge in [-0.2, -0.15) is 10.2 Å². The molecule has 0 aliphatic carbocycles. The monoisotopic (exact) mass is 480 g/mol. The van der Waals surface area contributed by atoms with Gasteiger partial charge in [0, 0.05) is 11.6 Å². The summed E-state index contributed by atoms with van der Waals surface area (Å²) < 4.78 is 33.4. The molecule has 1 N–H and O–H groups in total. The van der Waals surface area contributed by atoms with Gasteiger partial charge in [-0.3, -0.25) is 0 Å². The average Bonchev–Trinajstić information content (AvgIpc) is 3.61. The highest BCUT2D eigenvalue weighted by atomic mass is 19.1. The number of hydrogen-bond donors (Lipinski definition) is 1. The molecule has 14 heteroatoms. The molecular weight excluding hydrogens is 462 g/mol. The molecule has 0 saturated carbocycles. The van der Waals surface area contributed by atoms with Gasteiger partial charge in [-0.25, -0.2) is 37.2 Å². The lowest BCUT2D eigenvalue weighted by Gasteiger charge is -2.34. The van der Waals surface area contributed by atoms with E-state index in [4.69, 9.17) is 0 Å². The maximum Gasteiger partial charge on any atom is 0.350 e. The molecule has 0 unspecified atom stereocenters. The Balaban J connectivity index is 1.53. The summed E-state index contributed by atoms with van der Waals surface area (Å²) in [6, 6.07) is 8.54. The van der Waals surface area contributed by atoms with Gasteiger partial charge < -0.3 is 5.11 Å². The van der Waals surface area contributed by atoms with E-state index in [0.29, 0.717) is 17.4 Å². The van der Waals surface area contributed by atoms with Gasteiger partial charge in [0.05, 0.1) is 24.0 Å². The van der Waals surface area contributed by atoms with Crippen LogP contribution in [-0.2, 0) is 12.1 Å². The molecule has 0 bridgehead atoms. The molecule has 0 amide bonds. The molecule has 2 atom stereocenters. The largest absolute Gasteiger partial charge is 0.381 e. The molecule has 0 radical (unpaired) electrons. The number of aliphatic hydroxyl groups is 1. The number of hydrogen-bond acceptors (Lipinski definition) is 8. The SMILES string of the molecule is C[C@@H](n1ncn(-c2ccc(-n3cnnn3)cc2)c1=O)[C@](O)(Cn1cncn1)c1ccc(F)cc1F. The van der Waals surface area contributed by atoms with E-state index in [-0.39, 0.29) is 12.1 Å². The zero-order chi connectivity index (χ0) is 24.6. The first kappa shape index (κ1) is 22.2. The normalized spacial score (nSPS) is 14.1. The second kappa shape index (κ2) is 8.64. The fourth-order valence-corrected chi connectivity index (χ4v) is 3.85. The Bertz CT molecular complexity index is 1500. The summed E-state index contributed by atoms with van der Waals surface area (Å²) in [5.74, 6) is -1.77. The van der Waals surface area contributed by atoms with Gasteiger partial charge in [-0.15, -0.1) is 5.10 Å². The van der Waals surface area contributed by atoms with Gasteiger partial charge in [0.1, 0.15) is 42.5 Å². The van der Waals surface area contributed by atoms with Crippen molar-refractivity contribution >= 4 is 0 Å². The standard InChI is InChI=1S/C21H18F2N10O2/c1-14(21(35,9-30-11-24-10-26-30)18-7-2-15(22)8-19(18)23)33-20(34)31(13-27-33)16-3-5-17(6-4-16)32-12-25-28-29-32/h2-8,10-14,35H,9H2,1H3/t14-,21-/m1/s1. The Hall–Kier alpha value is -4.59. The van der Waals surface area contributed by atoms with E-state index in [9.17, 15) is 18.7 Å². The van der Waals surface area contributed by atoms with Crippen LogP contribution in [0.4, 0.5) is 8.78 Å². The van der Waals surface area contributed by atoms with Crippen LogP contribution in [0.15, 0.2) is 72.6 Å². The van der Waals surface area contributed by atoms with Gasteiger partial charge in [-0.1, -0.05) is 6.07 Å². The van der Waals surface area contributed by atoms with E-state index in [0.717, 1.165) is 16.8 Å². The minimum Gasteiger partial charge on any atom is -0.381 e. The molecule has 12 nitrogen and oxygen atoms in total. The molecule has 0 aliphatic rings. The smallest absolute Gasteiger partial charge is 0.350 e. The minimum absolute atomic E-state index is 0.214. The number of halogens is 2. The number of rotatable bonds is 7. The fraction of sp³-hybridized carbons (Fsp3) is 0.190. The van der Waals surface area contributed by atoms with E-state index >= 15 is 0 Å². The molecular formula is C21H18F2N10O2. The molecule has 0 fully saturated rings. The molecule has 0 spiro atoms. The van der Waals surface area contributed by atoms with Gasteiger partial charge in [0.15, 0.2) is 0 Å². The first-order valence-electron chi connectivity index (χ1n) is 10.4. The topological polar surface area (TPSA) is 134 Å². The molecule has 5 rings (SSSR count). The summed E-state index contributed by atoms with van der Waals surface area (Å²) in [7, 11) is 0. The van der Waals surface area contributed by atoms with E-state index in [1.807, 2.05) is 0 Å². The third-order valence-electron chi connectivity index (χ3n) is 5.76. The van der Waals surface area contributed by atoms with Crippen LogP contribution in [0.1, 0.15) is 18.5 Å². The summed E-state index contributed by atoms with van der Waals surface area (Å²) in [5.41, 5.74) is -1.64. The predicted octanol–water partition coefficient (Wildman–Crippen LogP) is 1.03. The Morgan fingerprint density at radius 1 is 1.03 bits per heavy atom. The van der Waals surface area contributed by atoms with Crippen molar-refractivity contribution in [1.29, 1.82) is 0 Å². The van der Waals surface area contributed by atoms with E-state index < -0.39 is 29.0 Å². The van der Waals surface area contributed by atoms with Crippen LogP contribution in [0, 0.1) is 11.6 Å². The Labute approximate surface area is 195 Å². The summed E-state index contributed by atoms with van der Waals surface area (Å²) in [5, 5.41) is 30.8. The van der Waals surface area contributed by atoms with Crippen LogP contribution >= 0.6 is 0 Å². The first-order valence-corrected chi connectivity index (χ1v) is 10.4. The first-order chi connectivity index (χ1) is 16.9. The van der Waals surface area contributed by atoms with Crippen LogP contribution in [0.25, 0.3) is 11.4 Å². The Kier molecular flexibility index (Phi) is 5.49. The van der Waals surface area contributed by atoms with Crippen molar-refractivity contribution in [2.24, 2.45) is 0 Å². The van der Waals surface area contributed by atoms with Crippen molar-refractivity contribution in [1.82, 2.24) is 49.3 Å². The Morgan fingerprint density at radius 2 is 1.80 bits per heavy atom. The van der Waals surface area contributed by atoms with Gasteiger partial charge in [0.2, 0.25) is 0 Å². The molecule has 0 saturated heterocycles. The van der Waals surface area contributed by atoms with Crippen LogP contribution in [-0.4, -0.2) is 54.4 Å². The number of benzene rings is 2. The third-order valence-corrected chi connectivity index (χ3v) is 5.76. The molecule has 5 aromatic rings. The average molecular weight is 480 g/mol. The van der Waals surface area contributed by atoms with Crippen LogP contribution in [0.2, 0.25) is 0 Å². The summed E-state index contributed by atoms with van der Waals surface area (Å²) >= 11 is 0. The molecule has 0 aliphatic heterocycles. The minimum atomic E-state index is -2.03. The summed E-state index contributed by atoms with van der Waals surface area (Å²) in [4.78, 5) is 17.1. The zero-order valence-electron chi connectivity index (χ0n) is 18.2. The van der Waals surface area contributed by atoms with Crippen molar-refractivity contribution in [2.45, 2.75) is 25.1 Å². The second-order valence-corrected chi connectivity index (χ2v) is 7.82. The van der Waals surface area contributed by atoms with Crippen LogP contribution in [0.3, 0.4) is 0 Å². The summed E-state index contributed by atoms with van der Waals surface area (Å²) in [6.07, 6.45) is 5.33. The van der Waals surface area contributed by atoms with E-state index in [1.165, 1.54) is 46.2 Å². The van der Waals surface area contributed by atoms with Crippen molar-refractivity contribution in [3.63, 3.8) is 0 Å². The second-order valence-electron chi connectivity index (χ2n) is 7.82. The number of tetrazole rings is 1. The highest BCUT2D eigenvalue weighted by Gasteiger charge is 2.41. The maximum atomic E-state index is 14.8. The molecule has 35 heavy (non-hydrogen) atoms. The van der Waals surface area contributed by atoms with Crippen LogP contribution in [0.5, 0.6) is 0 Å². The predicted molar refractivity (Wildman–Crippen MR) is 116 cm³/mol. The van der Waals surface area contributed by atoms with Gasteiger partial charge in [-0.05, 0) is 47.7 Å². The van der Waals surface area contributed by atoms with Crippen LogP contribution < -0.4 is 5.69 Å². The highest BCUT2D eigenvalue weighted by Crippen LogP contribution is 2.35. The molecule has 178 valence electrons. The third kappa shape index (κ3) is 3.99. The van der Waals surface area contributed by atoms with Gasteiger partial charge in [0.25, 0.3) is 0 Å². The lowest BCUT2D eigenvalue weighted by molar-refractivity contribution is -0.0381. The number of aromatic nitrogens is 10. The number of nitrogens with zero attached hydrogens (tertiary/aromatic N) is 10. The maximum absolute atomic E-state index is 14.8. The van der Waals surface area contributed by atoms with Crippen molar-refractivity contribution in [3.8, 4) is 11.4 Å². The van der Waals surface area contributed by atoms with Gasteiger partial charge >= 0.3 is 5.69 Å². The highest BCUT2D eigenvalue weighted by molar-refractivity contribution is 5.40. The van der Waals surface area contributed by atoms with Crippen molar-refractivity contribution < 1.29 is 13.9 Å².